The van der Waals surface area contributed by atoms with Crippen LogP contribution < -0.4 is 5.32 Å². The lowest BCUT2D eigenvalue weighted by molar-refractivity contribution is -0.113. The molecule has 0 spiro atoms. The predicted octanol–water partition coefficient (Wildman–Crippen LogP) is 4.42. The van der Waals surface area contributed by atoms with E-state index < -0.39 is 0 Å². The Morgan fingerprint density at radius 2 is 1.91 bits per heavy atom. The standard InChI is InChI=1S/C23H27N7OS/c1-14-8-7-9-15(2)21(14)30-23(26-27-28-30)32-13-20(31)25-22-19(12-24)16(3)17(4)29(22)18-10-5-6-11-18/h7-9,18H,5-6,10-11,13H2,1-4H3,(H,25,31). The highest BCUT2D eigenvalue weighted by Crippen LogP contribution is 2.37. The first kappa shape index (κ1) is 22.1. The van der Waals surface area contributed by atoms with Crippen molar-refractivity contribution >= 4 is 23.5 Å². The van der Waals surface area contributed by atoms with Crippen molar-refractivity contribution in [2.75, 3.05) is 11.1 Å². The summed E-state index contributed by atoms with van der Waals surface area (Å²) in [7, 11) is 0. The molecule has 3 aromatic rings. The summed E-state index contributed by atoms with van der Waals surface area (Å²) < 4.78 is 3.84. The van der Waals surface area contributed by atoms with Crippen LogP contribution in [0.2, 0.25) is 0 Å². The molecule has 2 aromatic heterocycles. The zero-order valence-electron chi connectivity index (χ0n) is 18.8. The summed E-state index contributed by atoms with van der Waals surface area (Å²) in [6.07, 6.45) is 4.49. The number of thioether (sulfide) groups is 1. The Bertz CT molecular complexity index is 1180. The van der Waals surface area contributed by atoms with Gasteiger partial charge in [0.1, 0.15) is 11.9 Å². The number of anilines is 1. The Kier molecular flexibility index (Phi) is 6.33. The number of carbonyl (C=O) groups is 1. The Morgan fingerprint density at radius 1 is 1.22 bits per heavy atom. The lowest BCUT2D eigenvalue weighted by Gasteiger charge is -2.19. The average Bonchev–Trinajstić information content (AvgIpc) is 3.48. The van der Waals surface area contributed by atoms with E-state index in [1.54, 1.807) is 4.68 Å². The van der Waals surface area contributed by atoms with E-state index in [9.17, 15) is 10.1 Å². The van der Waals surface area contributed by atoms with Crippen molar-refractivity contribution < 1.29 is 4.79 Å². The Balaban J connectivity index is 1.54. The maximum Gasteiger partial charge on any atom is 0.235 e. The second kappa shape index (κ2) is 9.17. The molecule has 0 bridgehead atoms. The van der Waals surface area contributed by atoms with Gasteiger partial charge in [0.15, 0.2) is 0 Å². The van der Waals surface area contributed by atoms with Gasteiger partial charge in [-0.25, -0.2) is 0 Å². The molecule has 32 heavy (non-hydrogen) atoms. The van der Waals surface area contributed by atoms with E-state index in [0.717, 1.165) is 40.9 Å². The van der Waals surface area contributed by atoms with Crippen molar-refractivity contribution in [2.24, 2.45) is 0 Å². The molecular weight excluding hydrogens is 422 g/mol. The molecule has 8 nitrogen and oxygen atoms in total. The van der Waals surface area contributed by atoms with Crippen LogP contribution in [0.1, 0.15) is 59.7 Å². The summed E-state index contributed by atoms with van der Waals surface area (Å²) in [4.78, 5) is 12.9. The van der Waals surface area contributed by atoms with Crippen LogP contribution >= 0.6 is 11.8 Å². The number of tetrazole rings is 1. The second-order valence-corrected chi connectivity index (χ2v) is 9.25. The summed E-state index contributed by atoms with van der Waals surface area (Å²) in [6, 6.07) is 8.63. The zero-order valence-corrected chi connectivity index (χ0v) is 19.7. The number of aromatic nitrogens is 5. The van der Waals surface area contributed by atoms with E-state index in [2.05, 4.69) is 31.5 Å². The van der Waals surface area contributed by atoms with Crippen molar-refractivity contribution in [1.82, 2.24) is 24.8 Å². The van der Waals surface area contributed by atoms with Gasteiger partial charge >= 0.3 is 0 Å². The molecule has 9 heteroatoms. The molecule has 2 heterocycles. The van der Waals surface area contributed by atoms with Gasteiger partial charge in [-0.2, -0.15) is 9.94 Å². The number of benzene rings is 1. The molecule has 1 amide bonds. The number of hydrogen-bond acceptors (Lipinski definition) is 6. The van der Waals surface area contributed by atoms with Gasteiger partial charge in [-0.05, 0) is 67.7 Å². The first-order chi connectivity index (χ1) is 15.4. The summed E-state index contributed by atoms with van der Waals surface area (Å²) in [5.74, 6) is 0.582. The largest absolute Gasteiger partial charge is 0.327 e. The summed E-state index contributed by atoms with van der Waals surface area (Å²) in [5.41, 5.74) is 5.57. The third-order valence-corrected chi connectivity index (χ3v) is 7.16. The molecule has 0 aliphatic heterocycles. The van der Waals surface area contributed by atoms with E-state index in [0.29, 0.717) is 22.6 Å². The highest BCUT2D eigenvalue weighted by atomic mass is 32.2. The van der Waals surface area contributed by atoms with Gasteiger partial charge in [0.25, 0.3) is 0 Å². The van der Waals surface area contributed by atoms with Crippen LogP contribution in [0.4, 0.5) is 5.82 Å². The quantitative estimate of drug-likeness (QED) is 0.559. The van der Waals surface area contributed by atoms with Gasteiger partial charge in [0.2, 0.25) is 11.1 Å². The lowest BCUT2D eigenvalue weighted by atomic mass is 10.1. The van der Waals surface area contributed by atoms with Crippen LogP contribution in [0.15, 0.2) is 23.4 Å². The number of nitriles is 1. The van der Waals surface area contributed by atoms with Gasteiger partial charge in [-0.15, -0.1) is 5.10 Å². The van der Waals surface area contributed by atoms with Crippen LogP contribution in [0.3, 0.4) is 0 Å². The van der Waals surface area contributed by atoms with E-state index >= 15 is 0 Å². The minimum absolute atomic E-state index is 0.143. The van der Waals surface area contributed by atoms with Crippen molar-refractivity contribution in [3.8, 4) is 11.8 Å². The van der Waals surface area contributed by atoms with Gasteiger partial charge < -0.3 is 9.88 Å². The fourth-order valence-electron chi connectivity index (χ4n) is 4.55. The van der Waals surface area contributed by atoms with Crippen LogP contribution in [0.25, 0.3) is 5.69 Å². The van der Waals surface area contributed by atoms with Crippen LogP contribution in [-0.2, 0) is 4.79 Å². The molecule has 1 aliphatic carbocycles. The molecule has 1 N–H and O–H groups in total. The number of para-hydroxylation sites is 1. The molecular formula is C23H27N7OS. The molecule has 1 aliphatic rings. The van der Waals surface area contributed by atoms with Crippen LogP contribution in [0.5, 0.6) is 0 Å². The number of carbonyl (C=O) groups excluding carboxylic acids is 1. The average molecular weight is 450 g/mol. The van der Waals surface area contributed by atoms with Gasteiger partial charge in [0, 0.05) is 11.7 Å². The number of nitrogens with zero attached hydrogens (tertiary/aromatic N) is 6. The Hall–Kier alpha value is -3.12. The molecule has 1 aromatic carbocycles. The normalized spacial score (nSPS) is 14.0. The summed E-state index contributed by atoms with van der Waals surface area (Å²) in [5, 5.41) is 25.4. The molecule has 0 atom stereocenters. The fraction of sp³-hybridized carbons (Fsp3) is 0.435. The Labute approximate surface area is 192 Å². The SMILES string of the molecule is Cc1cccc(C)c1-n1nnnc1SCC(=O)Nc1c(C#N)c(C)c(C)n1C1CCCC1. The van der Waals surface area contributed by atoms with E-state index in [4.69, 9.17) is 0 Å². The third kappa shape index (κ3) is 4.02. The maximum absolute atomic E-state index is 12.9. The van der Waals surface area contributed by atoms with Crippen molar-refractivity contribution in [2.45, 2.75) is 64.6 Å². The molecule has 1 saturated carbocycles. The zero-order chi connectivity index (χ0) is 22.8. The highest BCUT2D eigenvalue weighted by Gasteiger charge is 2.27. The van der Waals surface area contributed by atoms with E-state index in [-0.39, 0.29) is 11.7 Å². The lowest BCUT2D eigenvalue weighted by Crippen LogP contribution is -2.20. The molecule has 0 saturated heterocycles. The maximum atomic E-state index is 12.9. The van der Waals surface area contributed by atoms with E-state index in [1.807, 2.05) is 45.9 Å². The van der Waals surface area contributed by atoms with E-state index in [1.165, 1.54) is 24.6 Å². The topological polar surface area (TPSA) is 101 Å². The minimum Gasteiger partial charge on any atom is -0.327 e. The molecule has 0 unspecified atom stereocenters. The number of hydrogen-bond donors (Lipinski definition) is 1. The van der Waals surface area contributed by atoms with Gasteiger partial charge in [-0.3, -0.25) is 4.79 Å². The second-order valence-electron chi connectivity index (χ2n) is 8.30. The minimum atomic E-state index is -0.181. The number of rotatable bonds is 6. The summed E-state index contributed by atoms with van der Waals surface area (Å²) >= 11 is 1.28. The third-order valence-electron chi connectivity index (χ3n) is 6.24. The molecule has 4 rings (SSSR count). The van der Waals surface area contributed by atoms with Crippen molar-refractivity contribution in [3.05, 3.63) is 46.1 Å². The number of nitrogens with one attached hydrogen (secondary N) is 1. The number of aryl methyl sites for hydroxylation is 2. The monoisotopic (exact) mass is 449 g/mol. The summed E-state index contributed by atoms with van der Waals surface area (Å²) in [6.45, 7) is 7.99. The smallest absolute Gasteiger partial charge is 0.235 e. The highest BCUT2D eigenvalue weighted by molar-refractivity contribution is 7.99. The first-order valence-corrected chi connectivity index (χ1v) is 11.8. The fourth-order valence-corrected chi connectivity index (χ4v) is 5.23. The van der Waals surface area contributed by atoms with Crippen molar-refractivity contribution in [3.63, 3.8) is 0 Å². The molecule has 1 fully saturated rings. The van der Waals surface area contributed by atoms with Gasteiger partial charge in [-0.1, -0.05) is 42.8 Å². The van der Waals surface area contributed by atoms with Crippen LogP contribution in [0, 0.1) is 39.0 Å². The van der Waals surface area contributed by atoms with Crippen molar-refractivity contribution in [1.29, 1.82) is 5.26 Å². The van der Waals surface area contributed by atoms with Crippen LogP contribution in [-0.4, -0.2) is 36.4 Å². The first-order valence-electron chi connectivity index (χ1n) is 10.8. The Morgan fingerprint density at radius 3 is 2.56 bits per heavy atom. The van der Waals surface area contributed by atoms with Gasteiger partial charge in [0.05, 0.1) is 17.0 Å². The predicted molar refractivity (Wildman–Crippen MR) is 124 cm³/mol. The number of amides is 1. The molecule has 0 radical (unpaired) electrons. The molecule has 166 valence electrons.